The van der Waals surface area contributed by atoms with Gasteiger partial charge >= 0.3 is 0 Å². The largest absolute Gasteiger partial charge is 0.493 e. The van der Waals surface area contributed by atoms with Gasteiger partial charge in [-0.25, -0.2) is 0 Å². The van der Waals surface area contributed by atoms with Gasteiger partial charge in [0, 0.05) is 17.8 Å². The highest BCUT2D eigenvalue weighted by atomic mass is 16.3. The zero-order valence-electron chi connectivity index (χ0n) is 17.7. The first-order valence-electron chi connectivity index (χ1n) is 10.3. The summed E-state index contributed by atoms with van der Waals surface area (Å²) in [4.78, 5) is 12.6. The molecule has 0 spiro atoms. The smallest absolute Gasteiger partial charge is 0.268 e. The predicted octanol–water partition coefficient (Wildman–Crippen LogP) is 6.24. The molecule has 5 nitrogen and oxygen atoms in total. The quantitative estimate of drug-likeness (QED) is 0.406. The third-order valence-electron chi connectivity index (χ3n) is 5.79. The highest BCUT2D eigenvalue weighted by molar-refractivity contribution is 5.95. The fourth-order valence-electron chi connectivity index (χ4n) is 3.92. The molecule has 1 N–H and O–H groups in total. The standard InChI is InChI=1S/C25H27N3O2/c1-5-14-28-21-9-7-6-8-18(21)22(24(28)30)26-27-23(29)20-15-19(20)16-10-12-17(13-11-16)25(2,3)4/h5-13,19-20,30H,1,14-15H2,2-4H3/t19-,20+/m0/s1. The van der Waals surface area contributed by atoms with Crippen LogP contribution in [-0.2, 0) is 16.8 Å². The number of allylic oxidation sites excluding steroid dienone is 1. The maximum absolute atomic E-state index is 12.6. The predicted molar refractivity (Wildman–Crippen MR) is 119 cm³/mol. The second-order valence-corrected chi connectivity index (χ2v) is 8.95. The van der Waals surface area contributed by atoms with E-state index in [0.29, 0.717) is 12.2 Å². The summed E-state index contributed by atoms with van der Waals surface area (Å²) >= 11 is 0. The van der Waals surface area contributed by atoms with Crippen LogP contribution in [0, 0.1) is 5.92 Å². The summed E-state index contributed by atoms with van der Waals surface area (Å²) in [5, 5.41) is 19.4. The van der Waals surface area contributed by atoms with Gasteiger partial charge in [0.1, 0.15) is 0 Å². The van der Waals surface area contributed by atoms with Crippen molar-refractivity contribution in [3.8, 4) is 5.88 Å². The maximum Gasteiger partial charge on any atom is 0.268 e. The Morgan fingerprint density at radius 1 is 1.20 bits per heavy atom. The molecular formula is C25H27N3O2. The van der Waals surface area contributed by atoms with Crippen LogP contribution in [0.5, 0.6) is 5.88 Å². The fourth-order valence-corrected chi connectivity index (χ4v) is 3.92. The van der Waals surface area contributed by atoms with E-state index in [1.807, 2.05) is 24.3 Å². The minimum absolute atomic E-state index is 0.00207. The van der Waals surface area contributed by atoms with Crippen molar-refractivity contribution in [2.45, 2.75) is 45.1 Å². The Hall–Kier alpha value is -3.21. The number of hydrogen-bond acceptors (Lipinski definition) is 3. The van der Waals surface area contributed by atoms with Crippen LogP contribution < -0.4 is 0 Å². The molecular weight excluding hydrogens is 374 g/mol. The number of carbonyl (C=O) groups excluding carboxylic acids is 1. The summed E-state index contributed by atoms with van der Waals surface area (Å²) < 4.78 is 1.71. The van der Waals surface area contributed by atoms with Crippen LogP contribution in [0.3, 0.4) is 0 Å². The van der Waals surface area contributed by atoms with Gasteiger partial charge in [0.2, 0.25) is 5.88 Å². The van der Waals surface area contributed by atoms with Crippen molar-refractivity contribution in [2.24, 2.45) is 16.1 Å². The summed E-state index contributed by atoms with van der Waals surface area (Å²) in [7, 11) is 0. The lowest BCUT2D eigenvalue weighted by atomic mass is 9.86. The van der Waals surface area contributed by atoms with Crippen molar-refractivity contribution < 1.29 is 9.90 Å². The van der Waals surface area contributed by atoms with Crippen molar-refractivity contribution in [2.75, 3.05) is 0 Å². The lowest BCUT2D eigenvalue weighted by Crippen LogP contribution is -2.10. The number of fused-ring (bicyclic) bond motifs is 1. The molecule has 4 rings (SSSR count). The maximum atomic E-state index is 12.6. The van der Waals surface area contributed by atoms with E-state index >= 15 is 0 Å². The van der Waals surface area contributed by atoms with E-state index in [2.05, 4.69) is 61.8 Å². The molecule has 1 aliphatic carbocycles. The zero-order valence-corrected chi connectivity index (χ0v) is 17.7. The molecule has 1 aliphatic rings. The topological polar surface area (TPSA) is 66.9 Å². The Morgan fingerprint density at radius 3 is 2.57 bits per heavy atom. The molecule has 0 saturated heterocycles. The van der Waals surface area contributed by atoms with E-state index < -0.39 is 0 Å². The first-order valence-corrected chi connectivity index (χ1v) is 10.3. The molecule has 3 aromatic rings. The number of amides is 1. The van der Waals surface area contributed by atoms with Gasteiger partial charge in [-0.3, -0.25) is 4.79 Å². The second kappa shape index (κ2) is 7.56. The Bertz CT molecular complexity index is 1130. The molecule has 1 saturated carbocycles. The Kier molecular flexibility index (Phi) is 5.06. The molecule has 0 radical (unpaired) electrons. The first kappa shape index (κ1) is 20.1. The number of rotatable bonds is 5. The number of benzene rings is 2. The molecule has 1 fully saturated rings. The van der Waals surface area contributed by atoms with Crippen LogP contribution >= 0.6 is 0 Å². The molecule has 1 heterocycles. The van der Waals surface area contributed by atoms with Crippen molar-refractivity contribution in [3.05, 3.63) is 72.3 Å². The van der Waals surface area contributed by atoms with E-state index in [1.54, 1.807) is 10.6 Å². The van der Waals surface area contributed by atoms with Crippen molar-refractivity contribution in [1.82, 2.24) is 4.57 Å². The average Bonchev–Trinajstić information content (AvgIpc) is 3.48. The number of aromatic hydroxyl groups is 1. The molecule has 0 aliphatic heterocycles. The third-order valence-corrected chi connectivity index (χ3v) is 5.79. The van der Waals surface area contributed by atoms with Gasteiger partial charge in [-0.05, 0) is 34.9 Å². The van der Waals surface area contributed by atoms with Gasteiger partial charge in [-0.2, -0.15) is 0 Å². The minimum atomic E-state index is -0.236. The molecule has 154 valence electrons. The van der Waals surface area contributed by atoms with Crippen LogP contribution in [0.4, 0.5) is 5.69 Å². The second-order valence-electron chi connectivity index (χ2n) is 8.95. The summed E-state index contributed by atoms with van der Waals surface area (Å²) in [5.41, 5.74) is 3.72. The Balaban J connectivity index is 1.52. The Labute approximate surface area is 176 Å². The molecule has 1 amide bonds. The molecule has 2 atom stereocenters. The summed E-state index contributed by atoms with van der Waals surface area (Å²) in [6.07, 6.45) is 2.49. The van der Waals surface area contributed by atoms with E-state index in [1.165, 1.54) is 11.1 Å². The van der Waals surface area contributed by atoms with Crippen molar-refractivity contribution in [3.63, 3.8) is 0 Å². The molecule has 30 heavy (non-hydrogen) atoms. The highest BCUT2D eigenvalue weighted by Crippen LogP contribution is 2.49. The van der Waals surface area contributed by atoms with Gasteiger partial charge in [0.15, 0.2) is 5.69 Å². The number of aromatic nitrogens is 1. The number of hydrogen-bond donors (Lipinski definition) is 1. The lowest BCUT2D eigenvalue weighted by molar-refractivity contribution is -0.119. The normalized spacial score (nSPS) is 18.8. The van der Waals surface area contributed by atoms with E-state index in [4.69, 9.17) is 0 Å². The van der Waals surface area contributed by atoms with Gasteiger partial charge < -0.3 is 9.67 Å². The SMILES string of the molecule is C=CCn1c(O)c(N=NC(=O)[C@@H]2C[C@H]2c2ccc(C(C)(C)C)cc2)c2ccccc21. The Morgan fingerprint density at radius 2 is 1.90 bits per heavy atom. The monoisotopic (exact) mass is 401 g/mol. The molecule has 0 unspecified atom stereocenters. The molecule has 1 aromatic heterocycles. The number of nitrogens with zero attached hydrogens (tertiary/aromatic N) is 3. The fraction of sp³-hybridized carbons (Fsp3) is 0.320. The molecule has 5 heteroatoms. The zero-order chi connectivity index (χ0) is 21.5. The van der Waals surface area contributed by atoms with Crippen LogP contribution in [-0.4, -0.2) is 15.6 Å². The van der Waals surface area contributed by atoms with Crippen LogP contribution in [0.1, 0.15) is 44.2 Å². The lowest BCUT2D eigenvalue weighted by Gasteiger charge is -2.19. The van der Waals surface area contributed by atoms with Crippen LogP contribution in [0.25, 0.3) is 10.9 Å². The summed E-state index contributed by atoms with van der Waals surface area (Å²) in [6.45, 7) is 10.7. The van der Waals surface area contributed by atoms with Gasteiger partial charge in [-0.1, -0.05) is 69.3 Å². The number of carbonyl (C=O) groups is 1. The van der Waals surface area contributed by atoms with Gasteiger partial charge in [0.25, 0.3) is 5.91 Å². The number of azo groups is 1. The highest BCUT2D eigenvalue weighted by Gasteiger charge is 2.44. The average molecular weight is 402 g/mol. The summed E-state index contributed by atoms with van der Waals surface area (Å²) in [5.74, 6) is -0.184. The molecule has 0 bridgehead atoms. The minimum Gasteiger partial charge on any atom is -0.493 e. The van der Waals surface area contributed by atoms with E-state index in [9.17, 15) is 9.90 Å². The first-order chi connectivity index (χ1) is 14.3. The van der Waals surface area contributed by atoms with Crippen molar-refractivity contribution in [1.29, 1.82) is 0 Å². The van der Waals surface area contributed by atoms with Gasteiger partial charge in [0.05, 0.1) is 5.52 Å². The van der Waals surface area contributed by atoms with Crippen molar-refractivity contribution >= 4 is 22.5 Å². The van der Waals surface area contributed by atoms with E-state index in [-0.39, 0.29) is 29.0 Å². The van der Waals surface area contributed by atoms with Crippen LogP contribution in [0.15, 0.2) is 71.4 Å². The summed E-state index contributed by atoms with van der Waals surface area (Å²) in [6, 6.07) is 16.1. The molecule has 2 aromatic carbocycles. The number of para-hydroxylation sites is 1. The van der Waals surface area contributed by atoms with E-state index in [0.717, 1.165) is 17.3 Å². The van der Waals surface area contributed by atoms with Gasteiger partial charge in [-0.15, -0.1) is 16.8 Å². The van der Waals surface area contributed by atoms with Crippen LogP contribution in [0.2, 0.25) is 0 Å². The third kappa shape index (κ3) is 3.67.